The molecule has 5 nitrogen and oxygen atoms in total. The highest BCUT2D eigenvalue weighted by molar-refractivity contribution is 6.03. The number of aromatic amines is 2. The summed E-state index contributed by atoms with van der Waals surface area (Å²) in [5, 5.41) is 15.0. The fourth-order valence-electron chi connectivity index (χ4n) is 2.27. The van der Waals surface area contributed by atoms with Crippen LogP contribution >= 0.6 is 0 Å². The van der Waals surface area contributed by atoms with E-state index < -0.39 is 17.7 Å². The molecule has 0 atom stereocenters. The summed E-state index contributed by atoms with van der Waals surface area (Å²) in [4.78, 5) is 13.8. The minimum absolute atomic E-state index is 0.0328. The second-order valence-electron chi connectivity index (χ2n) is 4.39. The Morgan fingerprint density at radius 1 is 1.29 bits per heavy atom. The Bertz CT molecular complexity index is 833. The van der Waals surface area contributed by atoms with Crippen molar-refractivity contribution in [1.82, 2.24) is 15.2 Å². The van der Waals surface area contributed by atoms with Crippen molar-refractivity contribution >= 4 is 16.9 Å². The van der Waals surface area contributed by atoms with E-state index >= 15 is 0 Å². The summed E-state index contributed by atoms with van der Waals surface area (Å²) in [5.41, 5.74) is -0.598. The lowest BCUT2D eigenvalue weighted by Gasteiger charge is -2.09. The third-order valence-electron chi connectivity index (χ3n) is 3.15. The molecule has 0 radical (unpaired) electrons. The molecule has 108 valence electrons. The molecular weight excluding hydrogens is 287 g/mol. The molecule has 0 aliphatic carbocycles. The molecule has 0 aliphatic rings. The molecule has 0 saturated carbocycles. The monoisotopic (exact) mass is 295 g/mol. The van der Waals surface area contributed by atoms with Crippen molar-refractivity contribution in [2.24, 2.45) is 0 Å². The van der Waals surface area contributed by atoms with Gasteiger partial charge < -0.3 is 10.1 Å². The lowest BCUT2D eigenvalue weighted by molar-refractivity contribution is -0.136. The number of alkyl halides is 3. The number of H-pyrrole nitrogens is 2. The number of benzene rings is 1. The fourth-order valence-corrected chi connectivity index (χ4v) is 2.27. The highest BCUT2D eigenvalue weighted by Crippen LogP contribution is 2.39. The quantitative estimate of drug-likeness (QED) is 0.678. The van der Waals surface area contributed by atoms with E-state index in [1.807, 2.05) is 0 Å². The molecule has 21 heavy (non-hydrogen) atoms. The summed E-state index contributed by atoms with van der Waals surface area (Å²) in [6.07, 6.45) is -2.15. The molecule has 0 saturated heterocycles. The topological polar surface area (TPSA) is 81.8 Å². The van der Waals surface area contributed by atoms with Crippen molar-refractivity contribution in [3.63, 3.8) is 0 Å². The van der Waals surface area contributed by atoms with E-state index in [1.165, 1.54) is 18.3 Å². The molecule has 8 heteroatoms. The van der Waals surface area contributed by atoms with E-state index in [9.17, 15) is 18.0 Å². The number of rotatable bonds is 2. The summed E-state index contributed by atoms with van der Waals surface area (Å²) in [6, 6.07) is 3.73. The molecule has 0 bridgehead atoms. The van der Waals surface area contributed by atoms with Crippen LogP contribution in [0.3, 0.4) is 0 Å². The standard InChI is InChI=1S/C13H8F3N3O2/c14-13(15,16)8-2-1-3-9-10(8)6(4-17-9)11-7(12(20)21)5-18-19-11/h1-5,17H,(H,18,19)(H,20,21). The van der Waals surface area contributed by atoms with Crippen molar-refractivity contribution < 1.29 is 23.1 Å². The van der Waals surface area contributed by atoms with Crippen LogP contribution in [-0.2, 0) is 6.18 Å². The van der Waals surface area contributed by atoms with Gasteiger partial charge in [0.05, 0.1) is 17.5 Å². The Kier molecular flexibility index (Phi) is 2.75. The van der Waals surface area contributed by atoms with E-state index in [0.717, 1.165) is 12.3 Å². The number of carboxylic acids is 1. The number of aromatic nitrogens is 3. The fraction of sp³-hybridized carbons (Fsp3) is 0.0769. The maximum atomic E-state index is 13.1. The number of carboxylic acid groups (broad SMARTS) is 1. The molecule has 0 spiro atoms. The summed E-state index contributed by atoms with van der Waals surface area (Å²) >= 11 is 0. The first-order valence-corrected chi connectivity index (χ1v) is 5.84. The van der Waals surface area contributed by atoms with Gasteiger partial charge in [0.15, 0.2) is 0 Å². The molecule has 0 unspecified atom stereocenters. The minimum atomic E-state index is -4.54. The molecule has 3 rings (SSSR count). The molecule has 0 fully saturated rings. The Morgan fingerprint density at radius 3 is 2.71 bits per heavy atom. The number of nitrogens with zero attached hydrogens (tertiary/aromatic N) is 1. The van der Waals surface area contributed by atoms with Gasteiger partial charge in [-0.1, -0.05) is 6.07 Å². The van der Waals surface area contributed by atoms with Crippen LogP contribution < -0.4 is 0 Å². The molecule has 3 aromatic rings. The van der Waals surface area contributed by atoms with E-state index in [4.69, 9.17) is 5.11 Å². The normalized spacial score (nSPS) is 12.0. The number of hydrogen-bond acceptors (Lipinski definition) is 2. The zero-order valence-corrected chi connectivity index (χ0v) is 10.3. The van der Waals surface area contributed by atoms with Crippen molar-refractivity contribution in [1.29, 1.82) is 0 Å². The Morgan fingerprint density at radius 2 is 2.05 bits per heavy atom. The largest absolute Gasteiger partial charge is 0.478 e. The first kappa shape index (κ1) is 13.2. The van der Waals surface area contributed by atoms with Crippen LogP contribution in [-0.4, -0.2) is 26.3 Å². The number of hydrogen-bond donors (Lipinski definition) is 3. The molecule has 0 amide bonds. The number of halogens is 3. The van der Waals surface area contributed by atoms with Crippen LogP contribution in [0.5, 0.6) is 0 Å². The van der Waals surface area contributed by atoms with E-state index in [0.29, 0.717) is 0 Å². The highest BCUT2D eigenvalue weighted by atomic mass is 19.4. The van der Waals surface area contributed by atoms with E-state index in [1.54, 1.807) is 0 Å². The van der Waals surface area contributed by atoms with E-state index in [2.05, 4.69) is 15.2 Å². The van der Waals surface area contributed by atoms with Gasteiger partial charge >= 0.3 is 12.1 Å². The lowest BCUT2D eigenvalue weighted by Crippen LogP contribution is -2.05. The van der Waals surface area contributed by atoms with Crippen molar-refractivity contribution in [2.45, 2.75) is 6.18 Å². The highest BCUT2D eigenvalue weighted by Gasteiger charge is 2.34. The number of fused-ring (bicyclic) bond motifs is 1. The third kappa shape index (κ3) is 2.04. The maximum Gasteiger partial charge on any atom is 0.417 e. The minimum Gasteiger partial charge on any atom is -0.478 e. The molecule has 1 aromatic carbocycles. The zero-order chi connectivity index (χ0) is 15.2. The summed E-state index contributed by atoms with van der Waals surface area (Å²) in [6.45, 7) is 0. The molecule has 0 aliphatic heterocycles. The van der Waals surface area contributed by atoms with Crippen LogP contribution in [0.1, 0.15) is 15.9 Å². The summed E-state index contributed by atoms with van der Waals surface area (Å²) in [7, 11) is 0. The predicted octanol–water partition coefficient (Wildman–Crippen LogP) is 3.28. The Hall–Kier alpha value is -2.77. The van der Waals surface area contributed by atoms with Crippen LogP contribution in [0.15, 0.2) is 30.6 Å². The van der Waals surface area contributed by atoms with Crippen LogP contribution in [0.4, 0.5) is 13.2 Å². The predicted molar refractivity (Wildman–Crippen MR) is 67.8 cm³/mol. The second-order valence-corrected chi connectivity index (χ2v) is 4.39. The first-order valence-electron chi connectivity index (χ1n) is 5.84. The van der Waals surface area contributed by atoms with Gasteiger partial charge in [-0.25, -0.2) is 4.79 Å². The molecule has 3 N–H and O–H groups in total. The summed E-state index contributed by atoms with van der Waals surface area (Å²) < 4.78 is 39.4. The number of nitrogens with one attached hydrogen (secondary N) is 2. The van der Waals surface area contributed by atoms with Gasteiger partial charge in [-0.3, -0.25) is 5.10 Å². The molecular formula is C13H8F3N3O2. The van der Waals surface area contributed by atoms with Gasteiger partial charge in [-0.15, -0.1) is 0 Å². The van der Waals surface area contributed by atoms with Gasteiger partial charge in [0.25, 0.3) is 0 Å². The van der Waals surface area contributed by atoms with Gasteiger partial charge in [0.2, 0.25) is 0 Å². The third-order valence-corrected chi connectivity index (χ3v) is 3.15. The Labute approximate surface area is 115 Å². The smallest absolute Gasteiger partial charge is 0.417 e. The first-order chi connectivity index (χ1) is 9.89. The van der Waals surface area contributed by atoms with Crippen molar-refractivity contribution in [3.8, 4) is 11.3 Å². The number of carbonyl (C=O) groups is 1. The van der Waals surface area contributed by atoms with Crippen molar-refractivity contribution in [2.75, 3.05) is 0 Å². The summed E-state index contributed by atoms with van der Waals surface area (Å²) in [5.74, 6) is -1.27. The second kappa shape index (κ2) is 4.37. The average molecular weight is 295 g/mol. The van der Waals surface area contributed by atoms with Gasteiger partial charge in [-0.2, -0.15) is 18.3 Å². The average Bonchev–Trinajstić information content (AvgIpc) is 3.02. The van der Waals surface area contributed by atoms with E-state index in [-0.39, 0.29) is 27.7 Å². The molecule has 2 heterocycles. The van der Waals surface area contributed by atoms with Gasteiger partial charge in [0.1, 0.15) is 5.56 Å². The molecule has 2 aromatic heterocycles. The van der Waals surface area contributed by atoms with Crippen LogP contribution in [0.2, 0.25) is 0 Å². The maximum absolute atomic E-state index is 13.1. The van der Waals surface area contributed by atoms with Gasteiger partial charge in [-0.05, 0) is 12.1 Å². The number of aromatic carboxylic acids is 1. The Balaban J connectivity index is 2.34. The SMILES string of the molecule is O=C(O)c1cn[nH]c1-c1c[nH]c2cccc(C(F)(F)F)c12. The van der Waals surface area contributed by atoms with Crippen molar-refractivity contribution in [3.05, 3.63) is 41.7 Å². The zero-order valence-electron chi connectivity index (χ0n) is 10.3. The van der Waals surface area contributed by atoms with Crippen LogP contribution in [0, 0.1) is 0 Å². The van der Waals surface area contributed by atoms with Gasteiger partial charge in [0, 0.05) is 22.7 Å². The van der Waals surface area contributed by atoms with Crippen LogP contribution in [0.25, 0.3) is 22.2 Å². The lowest BCUT2D eigenvalue weighted by atomic mass is 10.0.